The fraction of sp³-hybridized carbons (Fsp3) is 0.227. The van der Waals surface area contributed by atoms with Gasteiger partial charge in [0.25, 0.3) is 0 Å². The first-order chi connectivity index (χ1) is 13.7. The summed E-state index contributed by atoms with van der Waals surface area (Å²) in [6, 6.07) is 18.2. The average molecular weight is 394 g/mol. The van der Waals surface area contributed by atoms with Crippen molar-refractivity contribution in [2.45, 2.75) is 19.5 Å². The summed E-state index contributed by atoms with van der Waals surface area (Å²) in [5, 5.41) is 8.40. The average Bonchev–Trinajstić information content (AvgIpc) is 3.39. The molecular formula is C22H22N2O3S. The maximum Gasteiger partial charge on any atom is 0.234 e. The number of carbonyl (C=O) groups is 1. The van der Waals surface area contributed by atoms with Crippen molar-refractivity contribution >= 4 is 17.2 Å². The Bertz CT molecular complexity index is 939. The van der Waals surface area contributed by atoms with Crippen molar-refractivity contribution < 1.29 is 14.3 Å². The Labute approximate surface area is 168 Å². The van der Waals surface area contributed by atoms with Crippen LogP contribution in [-0.2, 0) is 11.3 Å². The molecule has 0 saturated heterocycles. The molecule has 1 amide bonds. The van der Waals surface area contributed by atoms with Crippen LogP contribution in [0.3, 0.4) is 0 Å². The molecule has 0 fully saturated rings. The van der Waals surface area contributed by atoms with Crippen LogP contribution in [0.25, 0.3) is 0 Å². The van der Waals surface area contributed by atoms with Gasteiger partial charge in [-0.1, -0.05) is 42.0 Å². The van der Waals surface area contributed by atoms with Gasteiger partial charge in [-0.3, -0.25) is 10.1 Å². The van der Waals surface area contributed by atoms with Crippen LogP contribution in [0.2, 0.25) is 0 Å². The van der Waals surface area contributed by atoms with Gasteiger partial charge < -0.3 is 14.8 Å². The molecule has 2 heterocycles. The predicted molar refractivity (Wildman–Crippen MR) is 110 cm³/mol. The third kappa shape index (κ3) is 4.35. The molecule has 0 spiro atoms. The topological polar surface area (TPSA) is 59.6 Å². The van der Waals surface area contributed by atoms with Crippen molar-refractivity contribution in [2.24, 2.45) is 0 Å². The maximum absolute atomic E-state index is 12.4. The first-order valence-corrected chi connectivity index (χ1v) is 10.1. The predicted octanol–water partition coefficient (Wildman–Crippen LogP) is 3.78. The van der Waals surface area contributed by atoms with E-state index in [1.54, 1.807) is 11.3 Å². The van der Waals surface area contributed by atoms with Crippen LogP contribution in [0.5, 0.6) is 11.5 Å². The molecule has 0 radical (unpaired) electrons. The minimum absolute atomic E-state index is 0.00288. The standard InChI is InChI=1S/C22H22N2O3S/c1-15-4-7-17(8-5-15)22(20-3-2-10-28-20)24-13-21(25)23-12-16-6-9-18-19(11-16)27-14-26-18/h2-11,22,24H,12-14H2,1H3,(H,23,25)/t22-/m1/s1. The fourth-order valence-corrected chi connectivity index (χ4v) is 3.93. The van der Waals surface area contributed by atoms with E-state index in [9.17, 15) is 4.79 Å². The monoisotopic (exact) mass is 394 g/mol. The lowest BCUT2D eigenvalue weighted by molar-refractivity contribution is -0.120. The highest BCUT2D eigenvalue weighted by atomic mass is 32.1. The van der Waals surface area contributed by atoms with E-state index in [1.807, 2.05) is 24.3 Å². The number of rotatable bonds is 7. The molecule has 2 aromatic carbocycles. The van der Waals surface area contributed by atoms with Crippen molar-refractivity contribution in [3.63, 3.8) is 0 Å². The molecule has 1 atom stereocenters. The van der Waals surface area contributed by atoms with Crippen LogP contribution in [0, 0.1) is 6.92 Å². The number of aryl methyl sites for hydroxylation is 1. The van der Waals surface area contributed by atoms with E-state index in [0.717, 1.165) is 22.6 Å². The Morgan fingerprint density at radius 2 is 1.93 bits per heavy atom. The van der Waals surface area contributed by atoms with Crippen molar-refractivity contribution in [1.82, 2.24) is 10.6 Å². The molecule has 28 heavy (non-hydrogen) atoms. The molecule has 1 aliphatic heterocycles. The third-order valence-electron chi connectivity index (χ3n) is 4.63. The largest absolute Gasteiger partial charge is 0.454 e. The fourth-order valence-electron chi connectivity index (χ4n) is 3.11. The lowest BCUT2D eigenvalue weighted by Crippen LogP contribution is -2.35. The summed E-state index contributed by atoms with van der Waals surface area (Å²) < 4.78 is 10.7. The zero-order chi connectivity index (χ0) is 19.3. The van der Waals surface area contributed by atoms with Gasteiger partial charge in [0.2, 0.25) is 12.7 Å². The van der Waals surface area contributed by atoms with Gasteiger partial charge in [-0.25, -0.2) is 0 Å². The molecule has 4 rings (SSSR count). The summed E-state index contributed by atoms with van der Waals surface area (Å²) >= 11 is 1.68. The van der Waals surface area contributed by atoms with Crippen LogP contribution in [0.1, 0.15) is 27.6 Å². The molecule has 0 unspecified atom stereocenters. The summed E-state index contributed by atoms with van der Waals surface area (Å²) in [4.78, 5) is 13.6. The van der Waals surface area contributed by atoms with E-state index >= 15 is 0 Å². The second-order valence-electron chi connectivity index (χ2n) is 6.70. The summed E-state index contributed by atoms with van der Waals surface area (Å²) in [6.45, 7) is 3.01. The Hall–Kier alpha value is -2.83. The molecule has 5 nitrogen and oxygen atoms in total. The van der Waals surface area contributed by atoms with E-state index in [4.69, 9.17) is 9.47 Å². The molecule has 1 aliphatic rings. The van der Waals surface area contributed by atoms with Gasteiger partial charge in [0.1, 0.15) is 0 Å². The zero-order valence-corrected chi connectivity index (χ0v) is 16.4. The number of benzene rings is 2. The third-order valence-corrected chi connectivity index (χ3v) is 5.57. The molecule has 2 N–H and O–H groups in total. The van der Waals surface area contributed by atoms with E-state index in [1.165, 1.54) is 10.4 Å². The SMILES string of the molecule is Cc1ccc([C@@H](NCC(=O)NCc2ccc3c(c2)OCO3)c2cccs2)cc1. The van der Waals surface area contributed by atoms with Crippen molar-refractivity contribution in [1.29, 1.82) is 0 Å². The first kappa shape index (κ1) is 18.5. The lowest BCUT2D eigenvalue weighted by atomic mass is 10.0. The molecule has 3 aromatic rings. The number of carbonyl (C=O) groups excluding carboxylic acids is 1. The maximum atomic E-state index is 12.4. The van der Waals surface area contributed by atoms with Crippen molar-refractivity contribution in [3.8, 4) is 11.5 Å². The smallest absolute Gasteiger partial charge is 0.234 e. The molecular weight excluding hydrogens is 372 g/mol. The molecule has 0 saturated carbocycles. The van der Waals surface area contributed by atoms with E-state index in [2.05, 4.69) is 53.3 Å². The highest BCUT2D eigenvalue weighted by Crippen LogP contribution is 2.32. The number of hydrogen-bond donors (Lipinski definition) is 2. The van der Waals surface area contributed by atoms with Crippen LogP contribution in [-0.4, -0.2) is 19.2 Å². The summed E-state index contributed by atoms with van der Waals surface area (Å²) in [5.41, 5.74) is 3.35. The number of hydrogen-bond acceptors (Lipinski definition) is 5. The quantitative estimate of drug-likeness (QED) is 0.640. The molecule has 6 heteroatoms. The van der Waals surface area contributed by atoms with Crippen LogP contribution in [0.4, 0.5) is 0 Å². The van der Waals surface area contributed by atoms with Gasteiger partial charge in [-0.05, 0) is 41.6 Å². The minimum atomic E-state index is -0.0497. The summed E-state index contributed by atoms with van der Waals surface area (Å²) in [6.07, 6.45) is 0. The molecule has 1 aromatic heterocycles. The Kier molecular flexibility index (Phi) is 5.60. The first-order valence-electron chi connectivity index (χ1n) is 9.17. The number of fused-ring (bicyclic) bond motifs is 1. The second-order valence-corrected chi connectivity index (χ2v) is 7.68. The Morgan fingerprint density at radius 1 is 1.11 bits per heavy atom. The van der Waals surface area contributed by atoms with Gasteiger partial charge >= 0.3 is 0 Å². The minimum Gasteiger partial charge on any atom is -0.454 e. The van der Waals surface area contributed by atoms with E-state index < -0.39 is 0 Å². The number of nitrogens with one attached hydrogen (secondary N) is 2. The molecule has 0 bridgehead atoms. The Morgan fingerprint density at radius 3 is 2.71 bits per heavy atom. The number of amides is 1. The Balaban J connectivity index is 1.35. The van der Waals surface area contributed by atoms with Crippen LogP contribution in [0.15, 0.2) is 60.0 Å². The number of ether oxygens (including phenoxy) is 2. The van der Waals surface area contributed by atoms with Gasteiger partial charge in [-0.15, -0.1) is 11.3 Å². The second kappa shape index (κ2) is 8.46. The lowest BCUT2D eigenvalue weighted by Gasteiger charge is -2.18. The zero-order valence-electron chi connectivity index (χ0n) is 15.6. The molecule has 0 aliphatic carbocycles. The van der Waals surface area contributed by atoms with E-state index in [-0.39, 0.29) is 25.3 Å². The van der Waals surface area contributed by atoms with Gasteiger partial charge in [0.15, 0.2) is 11.5 Å². The normalized spacial score (nSPS) is 13.3. The summed E-state index contributed by atoms with van der Waals surface area (Å²) in [7, 11) is 0. The van der Waals surface area contributed by atoms with Crippen molar-refractivity contribution in [3.05, 3.63) is 81.5 Å². The van der Waals surface area contributed by atoms with Crippen molar-refractivity contribution in [2.75, 3.05) is 13.3 Å². The highest BCUT2D eigenvalue weighted by molar-refractivity contribution is 7.10. The van der Waals surface area contributed by atoms with Gasteiger partial charge in [0, 0.05) is 11.4 Å². The van der Waals surface area contributed by atoms with Crippen LogP contribution < -0.4 is 20.1 Å². The number of thiophene rings is 1. The van der Waals surface area contributed by atoms with Crippen LogP contribution >= 0.6 is 11.3 Å². The summed E-state index contributed by atoms with van der Waals surface area (Å²) in [5.74, 6) is 1.42. The highest BCUT2D eigenvalue weighted by Gasteiger charge is 2.17. The van der Waals surface area contributed by atoms with Gasteiger partial charge in [0.05, 0.1) is 12.6 Å². The van der Waals surface area contributed by atoms with Gasteiger partial charge in [-0.2, -0.15) is 0 Å². The van der Waals surface area contributed by atoms with E-state index in [0.29, 0.717) is 6.54 Å². The molecule has 144 valence electrons.